The number of hydrogen-bond acceptors (Lipinski definition) is 4. The Morgan fingerprint density at radius 1 is 1.07 bits per heavy atom. The monoisotopic (exact) mass is 414 g/mol. The van der Waals surface area contributed by atoms with Crippen molar-refractivity contribution in [2.45, 2.75) is 20.8 Å². The van der Waals surface area contributed by atoms with Crippen molar-refractivity contribution >= 4 is 38.4 Å². The number of quaternary nitrogens is 1. The molecule has 0 aliphatic heterocycles. The van der Waals surface area contributed by atoms with Crippen molar-refractivity contribution in [3.63, 3.8) is 0 Å². The second-order valence-corrected chi connectivity index (χ2v) is 7.89. The summed E-state index contributed by atoms with van der Waals surface area (Å²) in [5, 5.41) is 0.484. The summed E-state index contributed by atoms with van der Waals surface area (Å²) < 4.78 is 14.8. The van der Waals surface area contributed by atoms with Crippen LogP contribution in [0.5, 0.6) is 0 Å². The number of Topliss-reactive ketones (excluding diaryl/α,β-unsaturated/α-hetero) is 1. The Labute approximate surface area is 173 Å². The number of benzene rings is 2. The van der Waals surface area contributed by atoms with Crippen LogP contribution in [0.1, 0.15) is 41.5 Å². The first-order chi connectivity index (χ1) is 13.9. The molecule has 0 atom stereocenters. The number of thiazole rings is 1. The van der Waals surface area contributed by atoms with Crippen molar-refractivity contribution in [2.24, 2.45) is 0 Å². The maximum atomic E-state index is 14.1. The number of aromatic nitrogens is 1. The molecule has 152 valence electrons. The number of hydrogen-bond donors (Lipinski definition) is 1. The minimum Gasteiger partial charge on any atom is -0.334 e. The fourth-order valence-corrected chi connectivity index (χ4v) is 4.18. The first-order valence-electron chi connectivity index (χ1n) is 9.76. The number of nitrogens with one attached hydrogen (secondary N) is 1. The molecule has 1 heterocycles. The molecule has 0 spiro atoms. The van der Waals surface area contributed by atoms with Gasteiger partial charge in [0, 0.05) is 11.1 Å². The van der Waals surface area contributed by atoms with Crippen LogP contribution < -0.4 is 9.80 Å². The molecule has 0 unspecified atom stereocenters. The summed E-state index contributed by atoms with van der Waals surface area (Å²) in [6.07, 6.45) is 0. The Balaban J connectivity index is 1.95. The number of rotatable bonds is 8. The van der Waals surface area contributed by atoms with E-state index in [2.05, 4.69) is 18.8 Å². The van der Waals surface area contributed by atoms with Gasteiger partial charge < -0.3 is 4.90 Å². The predicted molar refractivity (Wildman–Crippen MR) is 115 cm³/mol. The molecule has 0 fully saturated rings. The Morgan fingerprint density at radius 3 is 2.31 bits per heavy atom. The maximum absolute atomic E-state index is 14.1. The normalized spacial score (nSPS) is 11.2. The molecule has 0 radical (unpaired) electrons. The van der Waals surface area contributed by atoms with E-state index in [1.54, 1.807) is 41.3 Å². The van der Waals surface area contributed by atoms with Gasteiger partial charge in [-0.2, -0.15) is 0 Å². The van der Waals surface area contributed by atoms with Crippen molar-refractivity contribution in [3.05, 3.63) is 59.4 Å². The zero-order valence-electron chi connectivity index (χ0n) is 16.9. The summed E-state index contributed by atoms with van der Waals surface area (Å²) in [6.45, 7) is 8.87. The molecule has 0 saturated heterocycles. The summed E-state index contributed by atoms with van der Waals surface area (Å²) in [7, 11) is 0. The molecular weight excluding hydrogens is 389 g/mol. The lowest BCUT2D eigenvalue weighted by Crippen LogP contribution is -3.12. The van der Waals surface area contributed by atoms with Gasteiger partial charge in [0.05, 0.1) is 30.9 Å². The van der Waals surface area contributed by atoms with Crippen LogP contribution in [0.25, 0.3) is 10.2 Å². The summed E-state index contributed by atoms with van der Waals surface area (Å²) in [6, 6.07) is 11.4. The van der Waals surface area contributed by atoms with Crippen LogP contribution >= 0.6 is 11.3 Å². The van der Waals surface area contributed by atoms with Crippen LogP contribution in [0.15, 0.2) is 42.5 Å². The molecule has 0 aliphatic carbocycles. The van der Waals surface area contributed by atoms with Crippen LogP contribution in [0, 0.1) is 5.82 Å². The largest absolute Gasteiger partial charge is 0.334 e. The average molecular weight is 415 g/mol. The second-order valence-electron chi connectivity index (χ2n) is 6.88. The van der Waals surface area contributed by atoms with E-state index in [0.717, 1.165) is 19.6 Å². The number of para-hydroxylation sites is 1. The van der Waals surface area contributed by atoms with Gasteiger partial charge in [-0.15, -0.1) is 0 Å². The predicted octanol–water partition coefficient (Wildman–Crippen LogP) is 3.21. The molecule has 1 aromatic heterocycles. The van der Waals surface area contributed by atoms with E-state index in [9.17, 15) is 14.0 Å². The number of nitrogens with zero attached hydrogens (tertiary/aromatic N) is 2. The molecule has 1 amide bonds. The highest BCUT2D eigenvalue weighted by Gasteiger charge is 2.23. The third-order valence-corrected chi connectivity index (χ3v) is 6.11. The van der Waals surface area contributed by atoms with E-state index < -0.39 is 5.82 Å². The van der Waals surface area contributed by atoms with Crippen molar-refractivity contribution < 1.29 is 18.9 Å². The number of carbonyl (C=O) groups is 2. The summed E-state index contributed by atoms with van der Waals surface area (Å²) in [4.78, 5) is 32.2. The van der Waals surface area contributed by atoms with Crippen LogP contribution in [0.4, 0.5) is 9.52 Å². The molecule has 0 bridgehead atoms. The zero-order chi connectivity index (χ0) is 21.0. The van der Waals surface area contributed by atoms with Gasteiger partial charge in [0.1, 0.15) is 11.3 Å². The van der Waals surface area contributed by atoms with Gasteiger partial charge in [0.15, 0.2) is 10.9 Å². The molecule has 3 aromatic rings. The molecule has 5 nitrogen and oxygen atoms in total. The van der Waals surface area contributed by atoms with Crippen molar-refractivity contribution in [3.8, 4) is 0 Å². The van der Waals surface area contributed by atoms with Crippen molar-refractivity contribution in [1.29, 1.82) is 0 Å². The number of ketones is 1. The van der Waals surface area contributed by atoms with E-state index in [0.29, 0.717) is 27.5 Å². The second kappa shape index (κ2) is 9.24. The van der Waals surface area contributed by atoms with Crippen LogP contribution in [-0.4, -0.2) is 42.9 Å². The molecule has 1 N–H and O–H groups in total. The van der Waals surface area contributed by atoms with E-state index in [1.165, 1.54) is 29.2 Å². The molecule has 2 aromatic carbocycles. The molecule has 0 saturated carbocycles. The number of amides is 1. The van der Waals surface area contributed by atoms with Gasteiger partial charge in [-0.05, 0) is 45.0 Å². The number of likely N-dealkylation sites (N-methyl/N-ethyl adjacent to an activating group) is 1. The summed E-state index contributed by atoms with van der Waals surface area (Å²) in [5.74, 6) is -0.642. The Kier molecular flexibility index (Phi) is 6.71. The van der Waals surface area contributed by atoms with Gasteiger partial charge in [-0.3, -0.25) is 14.5 Å². The fourth-order valence-electron chi connectivity index (χ4n) is 3.18. The zero-order valence-corrected chi connectivity index (χ0v) is 17.7. The number of fused-ring (bicyclic) bond motifs is 1. The third-order valence-electron chi connectivity index (χ3n) is 5.06. The lowest BCUT2D eigenvalue weighted by atomic mass is 10.1. The van der Waals surface area contributed by atoms with Gasteiger partial charge in [0.25, 0.3) is 5.91 Å². The van der Waals surface area contributed by atoms with E-state index >= 15 is 0 Å². The summed E-state index contributed by atoms with van der Waals surface area (Å²) in [5.41, 5.74) is 1.32. The Hall–Kier alpha value is -2.64. The molecular formula is C22H25FN3O2S+. The molecule has 29 heavy (non-hydrogen) atoms. The maximum Gasteiger partial charge on any atom is 0.260 e. The van der Waals surface area contributed by atoms with Crippen molar-refractivity contribution in [2.75, 3.05) is 31.1 Å². The lowest BCUT2D eigenvalue weighted by molar-refractivity contribution is -0.894. The third kappa shape index (κ3) is 4.68. The SMILES string of the molecule is CC[NH+](CC)CCN(C(=O)c1ccc(C(C)=O)cc1)c1nc2c(F)cccc2s1. The van der Waals surface area contributed by atoms with Crippen LogP contribution in [0.2, 0.25) is 0 Å². The number of halogens is 1. The van der Waals surface area contributed by atoms with Gasteiger partial charge >= 0.3 is 0 Å². The standard InChI is InChI=1S/C22H24FN3O2S/c1-4-25(5-2)13-14-26(21(28)17-11-9-16(10-12-17)15(3)27)22-24-20-18(23)7-6-8-19(20)29-22/h6-12H,4-5,13-14H2,1-3H3/p+1. The molecule has 0 aliphatic rings. The highest BCUT2D eigenvalue weighted by atomic mass is 32.1. The molecule has 7 heteroatoms. The first-order valence-corrected chi connectivity index (χ1v) is 10.6. The Bertz CT molecular complexity index is 1010. The van der Waals surface area contributed by atoms with Crippen LogP contribution in [-0.2, 0) is 0 Å². The van der Waals surface area contributed by atoms with Crippen LogP contribution in [0.3, 0.4) is 0 Å². The number of carbonyl (C=O) groups excluding carboxylic acids is 2. The lowest BCUT2D eigenvalue weighted by Gasteiger charge is -2.23. The minimum atomic E-state index is -0.391. The molecule has 3 rings (SSSR count). The van der Waals surface area contributed by atoms with Gasteiger partial charge in [-0.1, -0.05) is 29.5 Å². The minimum absolute atomic E-state index is 0.0485. The average Bonchev–Trinajstić information content (AvgIpc) is 3.16. The Morgan fingerprint density at radius 2 is 1.72 bits per heavy atom. The topological polar surface area (TPSA) is 54.7 Å². The van der Waals surface area contributed by atoms with Gasteiger partial charge in [-0.25, -0.2) is 9.37 Å². The van der Waals surface area contributed by atoms with E-state index in [-0.39, 0.29) is 17.2 Å². The van der Waals surface area contributed by atoms with Gasteiger partial charge in [0.2, 0.25) is 0 Å². The quantitative estimate of drug-likeness (QED) is 0.576. The van der Waals surface area contributed by atoms with E-state index in [4.69, 9.17) is 0 Å². The first kappa shape index (κ1) is 21.1. The number of anilines is 1. The van der Waals surface area contributed by atoms with Crippen molar-refractivity contribution in [1.82, 2.24) is 4.98 Å². The summed E-state index contributed by atoms with van der Waals surface area (Å²) >= 11 is 1.31. The smallest absolute Gasteiger partial charge is 0.260 e. The van der Waals surface area contributed by atoms with E-state index in [1.807, 2.05) is 0 Å². The highest BCUT2D eigenvalue weighted by Crippen LogP contribution is 2.31. The highest BCUT2D eigenvalue weighted by molar-refractivity contribution is 7.22. The fraction of sp³-hybridized carbons (Fsp3) is 0.318.